The molecule has 1 aliphatic carbocycles. The number of amides is 2. The van der Waals surface area contributed by atoms with Gasteiger partial charge in [-0.05, 0) is 37.1 Å². The highest BCUT2D eigenvalue weighted by Gasteiger charge is 2.53. The van der Waals surface area contributed by atoms with E-state index >= 15 is 0 Å². The molecule has 6 nitrogen and oxygen atoms in total. The Bertz CT molecular complexity index is 569. The van der Waals surface area contributed by atoms with Crippen LogP contribution in [0.25, 0.3) is 0 Å². The van der Waals surface area contributed by atoms with Crippen LogP contribution in [0.1, 0.15) is 41.8 Å². The van der Waals surface area contributed by atoms with E-state index in [2.05, 4.69) is 5.32 Å². The van der Waals surface area contributed by atoms with Crippen molar-refractivity contribution in [3.63, 3.8) is 0 Å². The lowest BCUT2D eigenvalue weighted by Crippen LogP contribution is -2.56. The third-order valence-corrected chi connectivity index (χ3v) is 5.61. The first kappa shape index (κ1) is 17.4. The van der Waals surface area contributed by atoms with Crippen molar-refractivity contribution in [2.75, 3.05) is 26.9 Å². The summed E-state index contributed by atoms with van der Waals surface area (Å²) >= 11 is 1.40. The number of ether oxygens (including phenoxy) is 2. The van der Waals surface area contributed by atoms with Gasteiger partial charge in [0.15, 0.2) is 0 Å². The van der Waals surface area contributed by atoms with Gasteiger partial charge in [0.1, 0.15) is 11.8 Å². The van der Waals surface area contributed by atoms with Gasteiger partial charge < -0.3 is 14.8 Å². The van der Waals surface area contributed by atoms with E-state index < -0.39 is 11.8 Å². The number of thiophene rings is 1. The number of hydrogen-bond donors (Lipinski definition) is 1. The monoisotopic (exact) mass is 352 g/mol. The van der Waals surface area contributed by atoms with Crippen molar-refractivity contribution in [2.45, 2.75) is 43.9 Å². The Balaban J connectivity index is 1.82. The van der Waals surface area contributed by atoms with Gasteiger partial charge in [0.2, 0.25) is 5.91 Å². The van der Waals surface area contributed by atoms with E-state index in [1.807, 2.05) is 17.5 Å². The highest BCUT2D eigenvalue weighted by molar-refractivity contribution is 7.12. The summed E-state index contributed by atoms with van der Waals surface area (Å²) in [4.78, 5) is 28.0. The molecule has 1 N–H and O–H groups in total. The van der Waals surface area contributed by atoms with Crippen molar-refractivity contribution in [3.05, 3.63) is 22.4 Å². The molecule has 2 heterocycles. The Morgan fingerprint density at radius 2 is 2.21 bits per heavy atom. The average Bonchev–Trinajstić information content (AvgIpc) is 3.24. The highest BCUT2D eigenvalue weighted by Crippen LogP contribution is 2.41. The van der Waals surface area contributed by atoms with E-state index in [-0.39, 0.29) is 18.4 Å². The SMILES string of the molecule is COCCNC(=O)[C@@H]1COC2(CCCCC2)N1C(=O)c1cccs1. The summed E-state index contributed by atoms with van der Waals surface area (Å²) in [5.41, 5.74) is -0.622. The Hall–Kier alpha value is -1.44. The number of nitrogens with zero attached hydrogens (tertiary/aromatic N) is 1. The van der Waals surface area contributed by atoms with Gasteiger partial charge in [-0.2, -0.15) is 0 Å². The van der Waals surface area contributed by atoms with Crippen molar-refractivity contribution in [2.24, 2.45) is 0 Å². The standard InChI is InChI=1S/C17H24N2O4S/c1-22-10-9-18-15(20)13-12-23-17(7-3-2-4-8-17)19(13)16(21)14-6-5-11-24-14/h5-6,11,13H,2-4,7-10,12H2,1H3,(H,18,20)/t13-/m0/s1. The van der Waals surface area contributed by atoms with Crippen LogP contribution in [0.2, 0.25) is 0 Å². The fourth-order valence-electron chi connectivity index (χ4n) is 3.58. The van der Waals surface area contributed by atoms with E-state index in [1.165, 1.54) is 11.3 Å². The van der Waals surface area contributed by atoms with Crippen molar-refractivity contribution in [1.29, 1.82) is 0 Å². The molecule has 0 unspecified atom stereocenters. The molecule has 2 fully saturated rings. The summed E-state index contributed by atoms with van der Waals surface area (Å²) in [6, 6.07) is 3.09. The largest absolute Gasteiger partial charge is 0.383 e. The Kier molecular flexibility index (Phi) is 5.53. The summed E-state index contributed by atoms with van der Waals surface area (Å²) in [5.74, 6) is -0.268. The predicted octanol–water partition coefficient (Wildman–Crippen LogP) is 2.01. The normalized spacial score (nSPS) is 22.7. The van der Waals surface area contributed by atoms with Gasteiger partial charge in [-0.3, -0.25) is 14.5 Å². The lowest BCUT2D eigenvalue weighted by molar-refractivity contribution is -0.127. The summed E-state index contributed by atoms with van der Waals surface area (Å²) < 4.78 is 11.0. The molecule has 1 saturated heterocycles. The zero-order valence-electron chi connectivity index (χ0n) is 14.0. The molecule has 1 saturated carbocycles. The maximum Gasteiger partial charge on any atom is 0.266 e. The fourth-order valence-corrected chi connectivity index (χ4v) is 4.24. The van der Waals surface area contributed by atoms with Crippen LogP contribution < -0.4 is 5.32 Å². The maximum absolute atomic E-state index is 13.1. The van der Waals surface area contributed by atoms with Crippen LogP contribution >= 0.6 is 11.3 Å². The smallest absolute Gasteiger partial charge is 0.266 e. The maximum atomic E-state index is 13.1. The van der Waals surface area contributed by atoms with Gasteiger partial charge in [0.05, 0.1) is 18.1 Å². The number of nitrogens with one attached hydrogen (secondary N) is 1. The van der Waals surface area contributed by atoms with Crippen molar-refractivity contribution >= 4 is 23.2 Å². The van der Waals surface area contributed by atoms with Crippen LogP contribution in [-0.4, -0.2) is 55.3 Å². The van der Waals surface area contributed by atoms with Gasteiger partial charge in [0.25, 0.3) is 5.91 Å². The first-order chi connectivity index (χ1) is 11.7. The summed E-state index contributed by atoms with van der Waals surface area (Å²) in [6.45, 7) is 1.14. The van der Waals surface area contributed by atoms with Crippen LogP contribution in [0, 0.1) is 0 Å². The van der Waals surface area contributed by atoms with Crippen LogP contribution in [-0.2, 0) is 14.3 Å². The zero-order valence-corrected chi connectivity index (χ0v) is 14.8. The summed E-state index contributed by atoms with van der Waals surface area (Å²) in [6.07, 6.45) is 4.78. The minimum atomic E-state index is -0.622. The fraction of sp³-hybridized carbons (Fsp3) is 0.647. The molecule has 2 amide bonds. The molecule has 0 aromatic carbocycles. The number of carbonyl (C=O) groups excluding carboxylic acids is 2. The van der Waals surface area contributed by atoms with E-state index in [0.29, 0.717) is 18.0 Å². The molecule has 0 bridgehead atoms. The third kappa shape index (κ3) is 3.34. The minimum absolute atomic E-state index is 0.101. The lowest BCUT2D eigenvalue weighted by Gasteiger charge is -2.41. The molecule has 3 rings (SSSR count). The van der Waals surface area contributed by atoms with E-state index in [0.717, 1.165) is 32.1 Å². The number of methoxy groups -OCH3 is 1. The summed E-state index contributed by atoms with van der Waals surface area (Å²) in [5, 5.41) is 4.72. The average molecular weight is 352 g/mol. The Morgan fingerprint density at radius 3 is 2.88 bits per heavy atom. The molecular formula is C17H24N2O4S. The number of carbonyl (C=O) groups is 2. The highest BCUT2D eigenvalue weighted by atomic mass is 32.1. The van der Waals surface area contributed by atoms with E-state index in [1.54, 1.807) is 12.0 Å². The number of hydrogen-bond acceptors (Lipinski definition) is 5. The second kappa shape index (κ2) is 7.63. The molecular weight excluding hydrogens is 328 g/mol. The molecule has 2 aliphatic rings. The van der Waals surface area contributed by atoms with E-state index in [4.69, 9.17) is 9.47 Å². The second-order valence-corrected chi connectivity index (χ2v) is 7.22. The lowest BCUT2D eigenvalue weighted by atomic mass is 9.90. The molecule has 24 heavy (non-hydrogen) atoms. The predicted molar refractivity (Wildman–Crippen MR) is 90.9 cm³/mol. The first-order valence-electron chi connectivity index (χ1n) is 8.46. The molecule has 1 atom stereocenters. The topological polar surface area (TPSA) is 67.9 Å². The Morgan fingerprint density at radius 1 is 1.42 bits per heavy atom. The molecule has 1 aliphatic heterocycles. The molecule has 132 valence electrons. The van der Waals surface area contributed by atoms with Gasteiger partial charge in [0, 0.05) is 13.7 Å². The first-order valence-corrected chi connectivity index (χ1v) is 9.34. The van der Waals surface area contributed by atoms with Crippen molar-refractivity contribution in [3.8, 4) is 0 Å². The second-order valence-electron chi connectivity index (χ2n) is 6.27. The third-order valence-electron chi connectivity index (χ3n) is 4.75. The van der Waals surface area contributed by atoms with Crippen molar-refractivity contribution < 1.29 is 19.1 Å². The van der Waals surface area contributed by atoms with Crippen LogP contribution in [0.5, 0.6) is 0 Å². The van der Waals surface area contributed by atoms with E-state index in [9.17, 15) is 9.59 Å². The molecule has 0 radical (unpaired) electrons. The number of rotatable bonds is 5. The van der Waals surface area contributed by atoms with Crippen LogP contribution in [0.15, 0.2) is 17.5 Å². The quantitative estimate of drug-likeness (QED) is 0.823. The molecule has 1 aromatic rings. The molecule has 7 heteroatoms. The zero-order chi connectivity index (χ0) is 17.0. The summed E-state index contributed by atoms with van der Waals surface area (Å²) in [7, 11) is 1.59. The van der Waals surface area contributed by atoms with Gasteiger partial charge in [-0.15, -0.1) is 11.3 Å². The van der Waals surface area contributed by atoms with Crippen LogP contribution in [0.3, 0.4) is 0 Å². The van der Waals surface area contributed by atoms with Gasteiger partial charge in [-0.1, -0.05) is 12.5 Å². The van der Waals surface area contributed by atoms with Gasteiger partial charge >= 0.3 is 0 Å². The molecule has 1 spiro atoms. The van der Waals surface area contributed by atoms with Gasteiger partial charge in [-0.25, -0.2) is 0 Å². The minimum Gasteiger partial charge on any atom is -0.383 e. The molecule has 1 aromatic heterocycles. The van der Waals surface area contributed by atoms with Crippen molar-refractivity contribution in [1.82, 2.24) is 10.2 Å². The Labute approximate surface area is 146 Å². The van der Waals surface area contributed by atoms with Crippen LogP contribution in [0.4, 0.5) is 0 Å².